The molecule has 0 atom stereocenters. The van der Waals surface area contributed by atoms with Crippen LogP contribution < -0.4 is 5.32 Å². The number of benzene rings is 1. The first kappa shape index (κ1) is 15.0. The highest BCUT2D eigenvalue weighted by atomic mass is 79.9. The molecule has 0 unspecified atom stereocenters. The molecule has 100 valence electrons. The monoisotopic (exact) mass is 315 g/mol. The molecule has 18 heavy (non-hydrogen) atoms. The van der Waals surface area contributed by atoms with E-state index < -0.39 is 5.97 Å². The van der Waals surface area contributed by atoms with Crippen molar-refractivity contribution in [1.82, 2.24) is 0 Å². The molecule has 0 spiro atoms. The Labute approximate surface area is 115 Å². The summed E-state index contributed by atoms with van der Waals surface area (Å²) in [6.07, 6.45) is 0.666. The summed E-state index contributed by atoms with van der Waals surface area (Å²) in [6.45, 7) is 4.78. The van der Waals surface area contributed by atoms with E-state index in [0.29, 0.717) is 18.7 Å². The summed E-state index contributed by atoms with van der Waals surface area (Å²) in [5.74, 6) is -0.959. The van der Waals surface area contributed by atoms with Gasteiger partial charge in [-0.2, -0.15) is 0 Å². The number of aliphatic hydroxyl groups is 1. The topological polar surface area (TPSA) is 69.6 Å². The van der Waals surface area contributed by atoms with Gasteiger partial charge in [-0.1, -0.05) is 29.8 Å². The highest BCUT2D eigenvalue weighted by Crippen LogP contribution is 2.24. The number of carbonyl (C=O) groups is 1. The molecule has 0 aromatic heterocycles. The van der Waals surface area contributed by atoms with E-state index >= 15 is 0 Å². The molecule has 0 heterocycles. The van der Waals surface area contributed by atoms with Crippen molar-refractivity contribution in [1.29, 1.82) is 0 Å². The van der Waals surface area contributed by atoms with Gasteiger partial charge in [0.05, 0.1) is 5.56 Å². The Morgan fingerprint density at radius 1 is 1.44 bits per heavy atom. The lowest BCUT2D eigenvalue weighted by Crippen LogP contribution is -2.25. The average molecular weight is 316 g/mol. The van der Waals surface area contributed by atoms with Crippen molar-refractivity contribution in [3.8, 4) is 0 Å². The maximum atomic E-state index is 11.1. The lowest BCUT2D eigenvalue weighted by molar-refractivity contribution is 0.0697. The van der Waals surface area contributed by atoms with Crippen LogP contribution in [-0.2, 0) is 0 Å². The lowest BCUT2D eigenvalue weighted by atomic mass is 9.89. The highest BCUT2D eigenvalue weighted by molar-refractivity contribution is 9.10. The minimum absolute atomic E-state index is 0.0857. The third-order valence-corrected chi connectivity index (χ3v) is 3.25. The van der Waals surface area contributed by atoms with E-state index in [2.05, 4.69) is 21.2 Å². The number of carboxylic acid groups (broad SMARTS) is 1. The first-order valence-corrected chi connectivity index (χ1v) is 6.52. The van der Waals surface area contributed by atoms with Crippen LogP contribution in [0.1, 0.15) is 30.6 Å². The van der Waals surface area contributed by atoms with Gasteiger partial charge in [0.2, 0.25) is 0 Å². The Hall–Kier alpha value is -1.07. The van der Waals surface area contributed by atoms with Crippen molar-refractivity contribution in [3.05, 3.63) is 28.2 Å². The van der Waals surface area contributed by atoms with E-state index in [9.17, 15) is 4.79 Å². The van der Waals surface area contributed by atoms with Crippen molar-refractivity contribution in [3.63, 3.8) is 0 Å². The second-order valence-corrected chi connectivity index (χ2v) is 5.90. The molecule has 0 radical (unpaired) electrons. The van der Waals surface area contributed by atoms with Crippen molar-refractivity contribution < 1.29 is 15.0 Å². The normalized spacial score (nSPS) is 11.3. The van der Waals surface area contributed by atoms with Crippen LogP contribution >= 0.6 is 15.9 Å². The Balaban J connectivity index is 2.82. The molecule has 1 aromatic carbocycles. The van der Waals surface area contributed by atoms with Crippen molar-refractivity contribution in [2.45, 2.75) is 20.3 Å². The van der Waals surface area contributed by atoms with Gasteiger partial charge in [0, 0.05) is 23.3 Å². The van der Waals surface area contributed by atoms with Gasteiger partial charge < -0.3 is 15.5 Å². The number of carboxylic acids is 1. The van der Waals surface area contributed by atoms with Crippen LogP contribution in [0, 0.1) is 5.41 Å². The van der Waals surface area contributed by atoms with Gasteiger partial charge in [0.25, 0.3) is 0 Å². The molecule has 0 saturated carbocycles. The standard InChI is InChI=1S/C13H18BrNO3/c1-13(2,5-6-16)8-15-11-4-3-9(14)7-10(11)12(17)18/h3-4,7,15-16H,5-6,8H2,1-2H3,(H,17,18). The van der Waals surface area contributed by atoms with Crippen LogP contribution in [0.5, 0.6) is 0 Å². The Kier molecular flexibility index (Phi) is 5.16. The van der Waals surface area contributed by atoms with Crippen LogP contribution in [0.25, 0.3) is 0 Å². The summed E-state index contributed by atoms with van der Waals surface area (Å²) in [5.41, 5.74) is 0.748. The number of aromatic carboxylic acids is 1. The first-order chi connectivity index (χ1) is 8.35. The number of anilines is 1. The highest BCUT2D eigenvalue weighted by Gasteiger charge is 2.18. The maximum Gasteiger partial charge on any atom is 0.337 e. The predicted octanol–water partition coefficient (Wildman–Crippen LogP) is 2.97. The second kappa shape index (κ2) is 6.20. The van der Waals surface area contributed by atoms with Gasteiger partial charge in [0.15, 0.2) is 0 Å². The van der Waals surface area contributed by atoms with Gasteiger partial charge in [-0.05, 0) is 30.0 Å². The van der Waals surface area contributed by atoms with E-state index in [0.717, 1.165) is 4.47 Å². The third kappa shape index (κ3) is 4.31. The van der Waals surface area contributed by atoms with Crippen LogP contribution in [0.15, 0.2) is 22.7 Å². The number of rotatable bonds is 6. The summed E-state index contributed by atoms with van der Waals surface area (Å²) in [5, 5.41) is 21.2. The van der Waals surface area contributed by atoms with Gasteiger partial charge in [0.1, 0.15) is 0 Å². The average Bonchev–Trinajstić information content (AvgIpc) is 2.27. The number of hydrogen-bond donors (Lipinski definition) is 3. The molecule has 0 amide bonds. The van der Waals surface area contributed by atoms with Crippen LogP contribution in [0.2, 0.25) is 0 Å². The Morgan fingerprint density at radius 2 is 2.11 bits per heavy atom. The van der Waals surface area contributed by atoms with Crippen LogP contribution in [0.3, 0.4) is 0 Å². The number of hydrogen-bond acceptors (Lipinski definition) is 3. The fourth-order valence-electron chi connectivity index (χ4n) is 1.57. The minimum Gasteiger partial charge on any atom is -0.478 e. The summed E-state index contributed by atoms with van der Waals surface area (Å²) in [7, 11) is 0. The fourth-order valence-corrected chi connectivity index (χ4v) is 1.93. The molecule has 0 saturated heterocycles. The smallest absolute Gasteiger partial charge is 0.337 e. The summed E-state index contributed by atoms with van der Waals surface area (Å²) in [6, 6.07) is 5.11. The molecule has 1 rings (SSSR count). The molecule has 0 bridgehead atoms. The number of halogens is 1. The SMILES string of the molecule is CC(C)(CCO)CNc1ccc(Br)cc1C(=O)O. The van der Waals surface area contributed by atoms with E-state index in [4.69, 9.17) is 10.2 Å². The van der Waals surface area contributed by atoms with Gasteiger partial charge >= 0.3 is 5.97 Å². The van der Waals surface area contributed by atoms with Crippen molar-refractivity contribution in [2.24, 2.45) is 5.41 Å². The van der Waals surface area contributed by atoms with Crippen LogP contribution in [-0.4, -0.2) is 29.3 Å². The predicted molar refractivity (Wildman–Crippen MR) is 75.1 cm³/mol. The summed E-state index contributed by atoms with van der Waals surface area (Å²) >= 11 is 3.26. The minimum atomic E-state index is -0.959. The zero-order valence-electron chi connectivity index (χ0n) is 10.5. The second-order valence-electron chi connectivity index (χ2n) is 4.99. The Morgan fingerprint density at radius 3 is 2.67 bits per heavy atom. The van der Waals surface area contributed by atoms with E-state index in [1.807, 2.05) is 13.8 Å². The molecule has 0 aliphatic carbocycles. The quantitative estimate of drug-likeness (QED) is 0.755. The summed E-state index contributed by atoms with van der Waals surface area (Å²) in [4.78, 5) is 11.1. The third-order valence-electron chi connectivity index (χ3n) is 2.76. The molecule has 1 aromatic rings. The van der Waals surface area contributed by atoms with Gasteiger partial charge in [-0.15, -0.1) is 0 Å². The molecule has 0 fully saturated rings. The Bertz CT molecular complexity index is 432. The summed E-state index contributed by atoms with van der Waals surface area (Å²) < 4.78 is 0.736. The molecular weight excluding hydrogens is 298 g/mol. The molecular formula is C13H18BrNO3. The number of aliphatic hydroxyl groups excluding tert-OH is 1. The van der Waals surface area contributed by atoms with Crippen molar-refractivity contribution >= 4 is 27.6 Å². The molecule has 5 heteroatoms. The van der Waals surface area contributed by atoms with E-state index in [1.165, 1.54) is 0 Å². The van der Waals surface area contributed by atoms with Gasteiger partial charge in [-0.3, -0.25) is 0 Å². The molecule has 4 nitrogen and oxygen atoms in total. The van der Waals surface area contributed by atoms with Crippen LogP contribution in [0.4, 0.5) is 5.69 Å². The zero-order valence-corrected chi connectivity index (χ0v) is 12.1. The van der Waals surface area contributed by atoms with Crippen molar-refractivity contribution in [2.75, 3.05) is 18.5 Å². The lowest BCUT2D eigenvalue weighted by Gasteiger charge is -2.25. The maximum absolute atomic E-state index is 11.1. The fraction of sp³-hybridized carbons (Fsp3) is 0.462. The van der Waals surface area contributed by atoms with E-state index in [1.54, 1.807) is 18.2 Å². The molecule has 0 aliphatic heterocycles. The largest absolute Gasteiger partial charge is 0.478 e. The van der Waals surface area contributed by atoms with Gasteiger partial charge in [-0.25, -0.2) is 4.79 Å². The van der Waals surface area contributed by atoms with E-state index in [-0.39, 0.29) is 17.6 Å². The first-order valence-electron chi connectivity index (χ1n) is 5.73. The molecule has 3 N–H and O–H groups in total. The zero-order chi connectivity index (χ0) is 13.8. The molecule has 0 aliphatic rings. The number of nitrogens with one attached hydrogen (secondary N) is 1.